The van der Waals surface area contributed by atoms with Crippen LogP contribution in [0.15, 0.2) is 12.1 Å². The zero-order valence-corrected chi connectivity index (χ0v) is 8.66. The van der Waals surface area contributed by atoms with E-state index in [1.54, 1.807) is 4.88 Å². The van der Waals surface area contributed by atoms with Crippen LogP contribution in [0.3, 0.4) is 0 Å². The van der Waals surface area contributed by atoms with Gasteiger partial charge in [0, 0.05) is 16.2 Å². The molecule has 0 radical (unpaired) electrons. The minimum Gasteiger partial charge on any atom is -0.144 e. The number of hydrogen-bond acceptors (Lipinski definition) is 1. The van der Waals surface area contributed by atoms with Gasteiger partial charge < -0.3 is 0 Å². The Morgan fingerprint density at radius 2 is 2.08 bits per heavy atom. The molecule has 1 aromatic rings. The van der Waals surface area contributed by atoms with Gasteiger partial charge in [-0.3, -0.25) is 0 Å². The van der Waals surface area contributed by atoms with Crippen molar-refractivity contribution in [3.63, 3.8) is 0 Å². The van der Waals surface area contributed by atoms with E-state index in [9.17, 15) is 0 Å². The molecular formula is C11H14S. The van der Waals surface area contributed by atoms with E-state index >= 15 is 0 Å². The van der Waals surface area contributed by atoms with Crippen LogP contribution < -0.4 is 0 Å². The maximum Gasteiger partial charge on any atom is 0.0158 e. The fraction of sp³-hybridized carbons (Fsp3) is 0.455. The lowest BCUT2D eigenvalue weighted by atomic mass is 9.94. The standard InChI is InChI=1S/C11H14S/c1-11(2,3)10-7-8-5-4-6-9(8)12-10/h4-5,7H,6H2,1-3H3. The van der Waals surface area contributed by atoms with Crippen molar-refractivity contribution < 1.29 is 0 Å². The molecule has 2 rings (SSSR count). The molecule has 12 heavy (non-hydrogen) atoms. The van der Waals surface area contributed by atoms with Crippen LogP contribution in [0.1, 0.15) is 36.1 Å². The second-order valence-corrected chi connectivity index (χ2v) is 5.48. The van der Waals surface area contributed by atoms with Crippen LogP contribution in [0.2, 0.25) is 0 Å². The monoisotopic (exact) mass is 178 g/mol. The summed E-state index contributed by atoms with van der Waals surface area (Å²) < 4.78 is 0. The Labute approximate surface area is 77.9 Å². The van der Waals surface area contributed by atoms with Crippen LogP contribution in [0.25, 0.3) is 6.08 Å². The Kier molecular flexibility index (Phi) is 1.65. The molecule has 0 aliphatic heterocycles. The first-order valence-electron chi connectivity index (χ1n) is 4.37. The lowest BCUT2D eigenvalue weighted by Gasteiger charge is -2.15. The van der Waals surface area contributed by atoms with Crippen LogP contribution in [0.5, 0.6) is 0 Å². The molecule has 64 valence electrons. The van der Waals surface area contributed by atoms with Crippen LogP contribution in [0.4, 0.5) is 0 Å². The number of hydrogen-bond donors (Lipinski definition) is 0. The highest BCUT2D eigenvalue weighted by Crippen LogP contribution is 2.35. The maximum absolute atomic E-state index is 2.34. The van der Waals surface area contributed by atoms with Gasteiger partial charge >= 0.3 is 0 Å². The fourth-order valence-electron chi connectivity index (χ4n) is 1.41. The maximum atomic E-state index is 2.34. The average molecular weight is 178 g/mol. The van der Waals surface area contributed by atoms with Gasteiger partial charge in [0.05, 0.1) is 0 Å². The zero-order chi connectivity index (χ0) is 8.77. The molecule has 0 saturated heterocycles. The number of allylic oxidation sites excluding steroid dienone is 1. The lowest BCUT2D eigenvalue weighted by molar-refractivity contribution is 0.604. The molecular weight excluding hydrogens is 164 g/mol. The van der Waals surface area contributed by atoms with Gasteiger partial charge in [0.15, 0.2) is 0 Å². The second kappa shape index (κ2) is 2.46. The molecule has 0 bridgehead atoms. The van der Waals surface area contributed by atoms with Crippen LogP contribution >= 0.6 is 11.3 Å². The van der Waals surface area contributed by atoms with Gasteiger partial charge in [-0.15, -0.1) is 11.3 Å². The summed E-state index contributed by atoms with van der Waals surface area (Å²) in [5.41, 5.74) is 1.77. The van der Waals surface area contributed by atoms with Crippen LogP contribution in [-0.2, 0) is 11.8 Å². The van der Waals surface area contributed by atoms with Crippen molar-refractivity contribution in [2.45, 2.75) is 32.6 Å². The van der Waals surface area contributed by atoms with E-state index in [1.165, 1.54) is 10.4 Å². The average Bonchev–Trinajstić information content (AvgIpc) is 2.37. The Bertz CT molecular complexity index is 323. The summed E-state index contributed by atoms with van der Waals surface area (Å²) in [5, 5.41) is 0. The molecule has 0 atom stereocenters. The first kappa shape index (κ1) is 8.06. The van der Waals surface area contributed by atoms with Crippen molar-refractivity contribution >= 4 is 17.4 Å². The van der Waals surface area contributed by atoms with Crippen LogP contribution in [-0.4, -0.2) is 0 Å². The highest BCUT2D eigenvalue weighted by atomic mass is 32.1. The summed E-state index contributed by atoms with van der Waals surface area (Å²) in [6.07, 6.45) is 5.63. The molecule has 0 saturated carbocycles. The Morgan fingerprint density at radius 1 is 1.33 bits per heavy atom. The third kappa shape index (κ3) is 1.22. The van der Waals surface area contributed by atoms with Crippen molar-refractivity contribution in [2.75, 3.05) is 0 Å². The quantitative estimate of drug-likeness (QED) is 0.569. The van der Waals surface area contributed by atoms with E-state index in [1.807, 2.05) is 11.3 Å². The Morgan fingerprint density at radius 3 is 2.67 bits per heavy atom. The first-order valence-corrected chi connectivity index (χ1v) is 5.19. The minimum atomic E-state index is 0.322. The molecule has 0 aromatic carbocycles. The number of thiophene rings is 1. The lowest BCUT2D eigenvalue weighted by Crippen LogP contribution is -2.07. The molecule has 0 unspecified atom stereocenters. The summed E-state index contributed by atoms with van der Waals surface area (Å²) in [5.74, 6) is 0. The van der Waals surface area contributed by atoms with Gasteiger partial charge in [0.2, 0.25) is 0 Å². The molecule has 0 spiro atoms. The van der Waals surface area contributed by atoms with E-state index in [2.05, 4.69) is 39.0 Å². The summed E-state index contributed by atoms with van der Waals surface area (Å²) in [6, 6.07) is 2.34. The summed E-state index contributed by atoms with van der Waals surface area (Å²) in [7, 11) is 0. The topological polar surface area (TPSA) is 0 Å². The van der Waals surface area contributed by atoms with Gasteiger partial charge in [-0.2, -0.15) is 0 Å². The Balaban J connectivity index is 2.43. The summed E-state index contributed by atoms with van der Waals surface area (Å²) in [4.78, 5) is 3.05. The minimum absolute atomic E-state index is 0.322. The third-order valence-corrected chi connectivity index (χ3v) is 3.78. The molecule has 0 nitrogen and oxygen atoms in total. The molecule has 0 N–H and O–H groups in total. The summed E-state index contributed by atoms with van der Waals surface area (Å²) in [6.45, 7) is 6.83. The predicted molar refractivity (Wildman–Crippen MR) is 55.8 cm³/mol. The van der Waals surface area contributed by atoms with Gasteiger partial charge in [0.25, 0.3) is 0 Å². The van der Waals surface area contributed by atoms with E-state index < -0.39 is 0 Å². The normalized spacial score (nSPS) is 15.2. The van der Waals surface area contributed by atoms with Gasteiger partial charge in [-0.25, -0.2) is 0 Å². The largest absolute Gasteiger partial charge is 0.144 e. The third-order valence-electron chi connectivity index (χ3n) is 2.18. The molecule has 1 aliphatic rings. The van der Waals surface area contributed by atoms with Gasteiger partial charge in [-0.1, -0.05) is 32.9 Å². The van der Waals surface area contributed by atoms with E-state index in [4.69, 9.17) is 0 Å². The number of rotatable bonds is 0. The van der Waals surface area contributed by atoms with E-state index in [0.717, 1.165) is 6.42 Å². The van der Waals surface area contributed by atoms with E-state index in [0.29, 0.717) is 5.41 Å². The second-order valence-electron chi connectivity index (χ2n) is 4.35. The van der Waals surface area contributed by atoms with Crippen molar-refractivity contribution in [1.82, 2.24) is 0 Å². The highest BCUT2D eigenvalue weighted by Gasteiger charge is 2.19. The predicted octanol–water partition coefficient (Wildman–Crippen LogP) is 3.61. The first-order chi connectivity index (χ1) is 5.57. The molecule has 1 aliphatic carbocycles. The molecule has 0 amide bonds. The summed E-state index contributed by atoms with van der Waals surface area (Å²) >= 11 is 1.97. The molecule has 1 aromatic heterocycles. The Hall–Kier alpha value is -0.560. The van der Waals surface area contributed by atoms with Crippen molar-refractivity contribution in [3.05, 3.63) is 27.5 Å². The van der Waals surface area contributed by atoms with Crippen LogP contribution in [0, 0.1) is 0 Å². The van der Waals surface area contributed by atoms with Crippen molar-refractivity contribution in [3.8, 4) is 0 Å². The van der Waals surface area contributed by atoms with Gasteiger partial charge in [0.1, 0.15) is 0 Å². The van der Waals surface area contributed by atoms with Gasteiger partial charge in [-0.05, 0) is 17.0 Å². The fourth-order valence-corrected chi connectivity index (χ4v) is 2.59. The SMILES string of the molecule is CC(C)(C)c1cc2c(s1)CC=C2. The molecule has 1 heterocycles. The zero-order valence-electron chi connectivity index (χ0n) is 7.85. The molecule has 0 fully saturated rings. The smallest absolute Gasteiger partial charge is 0.0158 e. The van der Waals surface area contributed by atoms with Crippen molar-refractivity contribution in [2.24, 2.45) is 0 Å². The highest BCUT2D eigenvalue weighted by molar-refractivity contribution is 7.12. The number of fused-ring (bicyclic) bond motifs is 1. The molecule has 1 heteroatoms. The van der Waals surface area contributed by atoms with Crippen molar-refractivity contribution in [1.29, 1.82) is 0 Å². The van der Waals surface area contributed by atoms with E-state index in [-0.39, 0.29) is 0 Å².